The average Bonchev–Trinajstić information content (AvgIpc) is 2.25. The van der Waals surface area contributed by atoms with Gasteiger partial charge in [0, 0.05) is 25.6 Å². The van der Waals surface area contributed by atoms with Crippen molar-refractivity contribution in [3.05, 3.63) is 0 Å². The zero-order valence-corrected chi connectivity index (χ0v) is 12.2. The van der Waals surface area contributed by atoms with E-state index >= 15 is 0 Å². The predicted octanol–water partition coefficient (Wildman–Crippen LogP) is 2.57. The maximum atomic E-state index is 12.1. The van der Waals surface area contributed by atoms with Crippen LogP contribution in [0, 0.1) is 5.41 Å². The lowest BCUT2D eigenvalue weighted by atomic mass is 9.90. The Morgan fingerprint density at radius 2 is 2.00 bits per heavy atom. The third-order valence-electron chi connectivity index (χ3n) is 3.31. The van der Waals surface area contributed by atoms with Gasteiger partial charge in [-0.15, -0.1) is 12.4 Å². The molecular weight excluding hydrogens is 236 g/mol. The largest absolute Gasteiger partial charge is 0.338 e. The summed E-state index contributed by atoms with van der Waals surface area (Å²) in [6.45, 7) is 8.05. The van der Waals surface area contributed by atoms with Gasteiger partial charge in [0.1, 0.15) is 0 Å². The standard InChI is InChI=1S/C13H26N2O.ClH/c1-13(2,3)8-7-12(16)15-9-5-4-6-11(15)10-14;/h11H,4-10,14H2,1-3H3;1H. The highest BCUT2D eigenvalue weighted by Gasteiger charge is 2.26. The van der Waals surface area contributed by atoms with E-state index in [9.17, 15) is 4.79 Å². The van der Waals surface area contributed by atoms with Crippen molar-refractivity contribution < 1.29 is 4.79 Å². The van der Waals surface area contributed by atoms with Crippen LogP contribution in [0.3, 0.4) is 0 Å². The van der Waals surface area contributed by atoms with Crippen molar-refractivity contribution in [1.82, 2.24) is 4.90 Å². The molecule has 1 unspecified atom stereocenters. The molecular formula is C13H27ClN2O. The monoisotopic (exact) mass is 262 g/mol. The van der Waals surface area contributed by atoms with E-state index in [0.29, 0.717) is 24.9 Å². The summed E-state index contributed by atoms with van der Waals surface area (Å²) in [6.07, 6.45) is 5.06. The molecule has 1 aliphatic heterocycles. The van der Waals surface area contributed by atoms with E-state index in [1.165, 1.54) is 6.42 Å². The molecule has 0 saturated carbocycles. The van der Waals surface area contributed by atoms with E-state index in [4.69, 9.17) is 5.73 Å². The quantitative estimate of drug-likeness (QED) is 0.850. The normalized spacial score (nSPS) is 20.9. The zero-order chi connectivity index (χ0) is 12.2. The van der Waals surface area contributed by atoms with Crippen molar-refractivity contribution in [3.8, 4) is 0 Å². The molecule has 1 atom stereocenters. The SMILES string of the molecule is CC(C)(C)CCC(=O)N1CCCCC1CN.Cl. The van der Waals surface area contributed by atoms with Crippen molar-refractivity contribution >= 4 is 18.3 Å². The molecule has 4 heteroatoms. The van der Waals surface area contributed by atoms with Crippen LogP contribution < -0.4 is 5.73 Å². The number of carbonyl (C=O) groups is 1. The fourth-order valence-corrected chi connectivity index (χ4v) is 2.20. The molecule has 0 aromatic heterocycles. The Labute approximate surface area is 112 Å². The van der Waals surface area contributed by atoms with Crippen LogP contribution in [-0.4, -0.2) is 29.9 Å². The molecule has 102 valence electrons. The number of nitrogens with zero attached hydrogens (tertiary/aromatic N) is 1. The van der Waals surface area contributed by atoms with Crippen molar-refractivity contribution in [3.63, 3.8) is 0 Å². The Morgan fingerprint density at radius 3 is 2.53 bits per heavy atom. The molecule has 1 amide bonds. The molecule has 1 aliphatic rings. The zero-order valence-electron chi connectivity index (χ0n) is 11.4. The van der Waals surface area contributed by atoms with Gasteiger partial charge in [-0.05, 0) is 31.1 Å². The minimum Gasteiger partial charge on any atom is -0.338 e. The van der Waals surface area contributed by atoms with Gasteiger partial charge in [-0.3, -0.25) is 4.79 Å². The summed E-state index contributed by atoms with van der Waals surface area (Å²) >= 11 is 0. The molecule has 17 heavy (non-hydrogen) atoms. The molecule has 0 bridgehead atoms. The first-order valence-corrected chi connectivity index (χ1v) is 6.43. The van der Waals surface area contributed by atoms with Gasteiger partial charge in [-0.25, -0.2) is 0 Å². The van der Waals surface area contributed by atoms with Gasteiger partial charge in [0.15, 0.2) is 0 Å². The summed E-state index contributed by atoms with van der Waals surface area (Å²) in [7, 11) is 0. The maximum Gasteiger partial charge on any atom is 0.222 e. The molecule has 0 aromatic rings. The van der Waals surface area contributed by atoms with Crippen LogP contribution in [0.25, 0.3) is 0 Å². The van der Waals surface area contributed by atoms with Crippen LogP contribution in [0.4, 0.5) is 0 Å². The molecule has 1 heterocycles. The number of hydrogen-bond acceptors (Lipinski definition) is 2. The molecule has 1 fully saturated rings. The van der Waals surface area contributed by atoms with Crippen molar-refractivity contribution in [1.29, 1.82) is 0 Å². The van der Waals surface area contributed by atoms with Gasteiger partial charge in [0.25, 0.3) is 0 Å². The lowest BCUT2D eigenvalue weighted by molar-refractivity contribution is -0.135. The van der Waals surface area contributed by atoms with Crippen LogP contribution in [0.2, 0.25) is 0 Å². The topological polar surface area (TPSA) is 46.3 Å². The second kappa shape index (κ2) is 7.22. The van der Waals surface area contributed by atoms with Crippen LogP contribution in [0.15, 0.2) is 0 Å². The Kier molecular flexibility index (Phi) is 7.10. The first-order valence-electron chi connectivity index (χ1n) is 6.43. The minimum absolute atomic E-state index is 0. The first-order chi connectivity index (χ1) is 7.44. The second-order valence-electron chi connectivity index (χ2n) is 6.03. The second-order valence-corrected chi connectivity index (χ2v) is 6.03. The molecule has 3 nitrogen and oxygen atoms in total. The summed E-state index contributed by atoms with van der Waals surface area (Å²) < 4.78 is 0. The van der Waals surface area contributed by atoms with Gasteiger partial charge in [-0.2, -0.15) is 0 Å². The van der Waals surface area contributed by atoms with Crippen LogP contribution in [-0.2, 0) is 4.79 Å². The Bertz CT molecular complexity index is 238. The van der Waals surface area contributed by atoms with E-state index in [1.807, 2.05) is 4.90 Å². The number of halogens is 1. The van der Waals surface area contributed by atoms with Crippen molar-refractivity contribution in [2.75, 3.05) is 13.1 Å². The van der Waals surface area contributed by atoms with Gasteiger partial charge < -0.3 is 10.6 Å². The van der Waals surface area contributed by atoms with E-state index in [-0.39, 0.29) is 17.8 Å². The number of nitrogens with two attached hydrogens (primary N) is 1. The first kappa shape index (κ1) is 16.7. The summed E-state index contributed by atoms with van der Waals surface area (Å²) in [5.74, 6) is 0.296. The lowest BCUT2D eigenvalue weighted by Gasteiger charge is -2.35. The number of piperidine rings is 1. The number of rotatable bonds is 3. The third-order valence-corrected chi connectivity index (χ3v) is 3.31. The molecule has 1 rings (SSSR count). The number of hydrogen-bond donors (Lipinski definition) is 1. The van der Waals surface area contributed by atoms with Gasteiger partial charge in [0.2, 0.25) is 5.91 Å². The molecule has 2 N–H and O–H groups in total. The lowest BCUT2D eigenvalue weighted by Crippen LogP contribution is -2.47. The van der Waals surface area contributed by atoms with Crippen molar-refractivity contribution in [2.24, 2.45) is 11.1 Å². The van der Waals surface area contributed by atoms with E-state index in [0.717, 1.165) is 25.8 Å². The van der Waals surface area contributed by atoms with E-state index in [1.54, 1.807) is 0 Å². The summed E-state index contributed by atoms with van der Waals surface area (Å²) in [4.78, 5) is 14.1. The van der Waals surface area contributed by atoms with E-state index in [2.05, 4.69) is 20.8 Å². The maximum absolute atomic E-state index is 12.1. The highest BCUT2D eigenvalue weighted by atomic mass is 35.5. The third kappa shape index (κ3) is 5.73. The fraction of sp³-hybridized carbons (Fsp3) is 0.923. The van der Waals surface area contributed by atoms with E-state index < -0.39 is 0 Å². The van der Waals surface area contributed by atoms with Crippen LogP contribution in [0.5, 0.6) is 0 Å². The fourth-order valence-electron chi connectivity index (χ4n) is 2.20. The Morgan fingerprint density at radius 1 is 1.35 bits per heavy atom. The summed E-state index contributed by atoms with van der Waals surface area (Å²) in [5, 5.41) is 0. The van der Waals surface area contributed by atoms with Gasteiger partial charge >= 0.3 is 0 Å². The minimum atomic E-state index is 0. The molecule has 0 aliphatic carbocycles. The Hall–Kier alpha value is -0.280. The molecule has 0 aromatic carbocycles. The Balaban J connectivity index is 0.00000256. The molecule has 0 radical (unpaired) electrons. The number of likely N-dealkylation sites (tertiary alicyclic amines) is 1. The highest BCUT2D eigenvalue weighted by Crippen LogP contribution is 2.23. The molecule has 1 saturated heterocycles. The number of carbonyl (C=O) groups excluding carboxylic acids is 1. The highest BCUT2D eigenvalue weighted by molar-refractivity contribution is 5.85. The average molecular weight is 263 g/mol. The van der Waals surface area contributed by atoms with Crippen molar-refractivity contribution in [2.45, 2.75) is 58.9 Å². The smallest absolute Gasteiger partial charge is 0.222 e. The summed E-state index contributed by atoms with van der Waals surface area (Å²) in [5.41, 5.74) is 5.96. The van der Waals surface area contributed by atoms with Crippen LogP contribution >= 0.6 is 12.4 Å². The van der Waals surface area contributed by atoms with Crippen LogP contribution in [0.1, 0.15) is 52.9 Å². The predicted molar refractivity (Wildman–Crippen MR) is 74.3 cm³/mol. The van der Waals surface area contributed by atoms with Gasteiger partial charge in [0.05, 0.1) is 0 Å². The number of amides is 1. The molecule has 0 spiro atoms. The van der Waals surface area contributed by atoms with Gasteiger partial charge in [-0.1, -0.05) is 20.8 Å². The summed E-state index contributed by atoms with van der Waals surface area (Å²) in [6, 6.07) is 0.293.